The molecular weight excluding hydrogens is 346 g/mol. The van der Waals surface area contributed by atoms with Gasteiger partial charge in [-0.2, -0.15) is 5.10 Å². The fraction of sp³-hybridized carbons (Fsp3) is 0.474. The van der Waals surface area contributed by atoms with Gasteiger partial charge in [-0.3, -0.25) is 9.58 Å². The topological polar surface area (TPSA) is 45.6 Å². The lowest BCUT2D eigenvalue weighted by molar-refractivity contribution is 0.176. The van der Waals surface area contributed by atoms with E-state index in [1.54, 1.807) is 7.11 Å². The Bertz CT molecular complexity index is 763. The molecule has 0 bridgehead atoms. The number of piperazine rings is 1. The third kappa shape index (κ3) is 4.16. The first-order valence-electron chi connectivity index (χ1n) is 8.89. The summed E-state index contributed by atoms with van der Waals surface area (Å²) in [5.74, 6) is 0.844. The van der Waals surface area contributed by atoms with Crippen LogP contribution in [-0.4, -0.2) is 58.0 Å². The number of nitrogens with one attached hydrogen (secondary N) is 1. The van der Waals surface area contributed by atoms with Gasteiger partial charge in [0, 0.05) is 56.7 Å². The maximum absolute atomic E-state index is 5.58. The van der Waals surface area contributed by atoms with Crippen LogP contribution in [0, 0.1) is 13.8 Å². The minimum atomic E-state index is 0.781. The average Bonchev–Trinajstić information content (AvgIpc) is 2.89. The number of hydrogen-bond acceptors (Lipinski definition) is 4. The molecule has 0 saturated carbocycles. The highest BCUT2D eigenvalue weighted by atomic mass is 32.1. The Labute approximate surface area is 160 Å². The Kier molecular flexibility index (Phi) is 5.78. The van der Waals surface area contributed by atoms with Crippen molar-refractivity contribution in [2.45, 2.75) is 20.4 Å². The molecular formula is C19H27N5OS. The molecule has 6 nitrogen and oxygen atoms in total. The molecule has 0 atom stereocenters. The second kappa shape index (κ2) is 8.05. The molecule has 1 fully saturated rings. The summed E-state index contributed by atoms with van der Waals surface area (Å²) in [5.41, 5.74) is 4.71. The quantitative estimate of drug-likeness (QED) is 0.831. The van der Waals surface area contributed by atoms with E-state index >= 15 is 0 Å². The molecule has 140 valence electrons. The Balaban J connectivity index is 1.51. The fourth-order valence-corrected chi connectivity index (χ4v) is 3.56. The number of aryl methyl sites for hydroxylation is 2. The second-order valence-electron chi connectivity index (χ2n) is 6.69. The number of thiocarbonyl (C=S) groups is 1. The van der Waals surface area contributed by atoms with Crippen LogP contribution in [0.15, 0.2) is 24.3 Å². The maximum atomic E-state index is 5.58. The molecule has 2 aromatic rings. The number of ether oxygens (including phenoxy) is 1. The van der Waals surface area contributed by atoms with Gasteiger partial charge in [-0.1, -0.05) is 0 Å². The zero-order valence-electron chi connectivity index (χ0n) is 16.0. The van der Waals surface area contributed by atoms with Crippen LogP contribution in [0.25, 0.3) is 0 Å². The maximum Gasteiger partial charge on any atom is 0.173 e. The number of rotatable bonds is 4. The van der Waals surface area contributed by atoms with Gasteiger partial charge in [0.25, 0.3) is 0 Å². The molecule has 26 heavy (non-hydrogen) atoms. The standard InChI is InChI=1S/C19H27N5OS/c1-14-18(15(2)22(3)21-14)13-23-9-11-24(12-10-23)19(26)20-16-5-7-17(25-4)8-6-16/h5-8H,9-13H2,1-4H3,(H,20,26). The van der Waals surface area contributed by atoms with Gasteiger partial charge in [0.15, 0.2) is 5.11 Å². The summed E-state index contributed by atoms with van der Waals surface area (Å²) in [5, 5.41) is 8.62. The van der Waals surface area contributed by atoms with E-state index in [1.807, 2.05) is 36.0 Å². The molecule has 3 rings (SSSR count). The van der Waals surface area contributed by atoms with Crippen molar-refractivity contribution in [2.24, 2.45) is 7.05 Å². The highest BCUT2D eigenvalue weighted by Gasteiger charge is 2.21. The second-order valence-corrected chi connectivity index (χ2v) is 7.08. The predicted octanol–water partition coefficient (Wildman–Crippen LogP) is 2.56. The van der Waals surface area contributed by atoms with Crippen LogP contribution in [0.5, 0.6) is 5.75 Å². The molecule has 1 N–H and O–H groups in total. The van der Waals surface area contributed by atoms with Gasteiger partial charge in [-0.05, 0) is 50.3 Å². The molecule has 2 heterocycles. The number of anilines is 1. The summed E-state index contributed by atoms with van der Waals surface area (Å²) in [6.07, 6.45) is 0. The average molecular weight is 374 g/mol. The van der Waals surface area contributed by atoms with Crippen molar-refractivity contribution >= 4 is 23.0 Å². The van der Waals surface area contributed by atoms with E-state index in [0.717, 1.165) is 55.0 Å². The number of aromatic nitrogens is 2. The van der Waals surface area contributed by atoms with Crippen LogP contribution in [0.3, 0.4) is 0 Å². The van der Waals surface area contributed by atoms with Gasteiger partial charge in [-0.15, -0.1) is 0 Å². The minimum Gasteiger partial charge on any atom is -0.497 e. The summed E-state index contributed by atoms with van der Waals surface area (Å²) >= 11 is 5.58. The van der Waals surface area contributed by atoms with Crippen molar-refractivity contribution in [3.63, 3.8) is 0 Å². The predicted molar refractivity (Wildman–Crippen MR) is 109 cm³/mol. The van der Waals surface area contributed by atoms with Crippen LogP contribution in [-0.2, 0) is 13.6 Å². The molecule has 7 heteroatoms. The largest absolute Gasteiger partial charge is 0.497 e. The van der Waals surface area contributed by atoms with Crippen LogP contribution in [0.2, 0.25) is 0 Å². The molecule has 0 spiro atoms. The van der Waals surface area contributed by atoms with Crippen LogP contribution < -0.4 is 10.1 Å². The first kappa shape index (κ1) is 18.7. The van der Waals surface area contributed by atoms with E-state index in [-0.39, 0.29) is 0 Å². The zero-order chi connectivity index (χ0) is 18.7. The van der Waals surface area contributed by atoms with E-state index in [1.165, 1.54) is 11.3 Å². The Hall–Kier alpha value is -2.12. The van der Waals surface area contributed by atoms with Gasteiger partial charge in [0.2, 0.25) is 0 Å². The zero-order valence-corrected chi connectivity index (χ0v) is 16.8. The number of hydrogen-bond donors (Lipinski definition) is 1. The van der Waals surface area contributed by atoms with Crippen molar-refractivity contribution < 1.29 is 4.74 Å². The van der Waals surface area contributed by atoms with Crippen molar-refractivity contribution in [3.8, 4) is 5.75 Å². The molecule has 1 aliphatic rings. The van der Waals surface area contributed by atoms with E-state index in [0.29, 0.717) is 0 Å². The number of nitrogens with zero attached hydrogens (tertiary/aromatic N) is 4. The van der Waals surface area contributed by atoms with Crippen molar-refractivity contribution in [2.75, 3.05) is 38.6 Å². The summed E-state index contributed by atoms with van der Waals surface area (Å²) < 4.78 is 7.15. The molecule has 0 amide bonds. The first-order chi connectivity index (χ1) is 12.5. The summed E-state index contributed by atoms with van der Waals surface area (Å²) in [4.78, 5) is 4.71. The van der Waals surface area contributed by atoms with Gasteiger partial charge >= 0.3 is 0 Å². The van der Waals surface area contributed by atoms with Gasteiger partial charge < -0.3 is 15.0 Å². The molecule has 1 aromatic carbocycles. The smallest absolute Gasteiger partial charge is 0.173 e. The molecule has 0 unspecified atom stereocenters. The van der Waals surface area contributed by atoms with Crippen molar-refractivity contribution in [1.29, 1.82) is 0 Å². The molecule has 1 saturated heterocycles. The van der Waals surface area contributed by atoms with Crippen LogP contribution >= 0.6 is 12.2 Å². The highest BCUT2D eigenvalue weighted by molar-refractivity contribution is 7.80. The van der Waals surface area contributed by atoms with E-state index in [9.17, 15) is 0 Å². The minimum absolute atomic E-state index is 0.781. The van der Waals surface area contributed by atoms with Gasteiger partial charge in [-0.25, -0.2) is 0 Å². The highest BCUT2D eigenvalue weighted by Crippen LogP contribution is 2.18. The van der Waals surface area contributed by atoms with Crippen LogP contribution in [0.1, 0.15) is 17.0 Å². The van der Waals surface area contributed by atoms with E-state index < -0.39 is 0 Å². The van der Waals surface area contributed by atoms with Gasteiger partial charge in [0.05, 0.1) is 12.8 Å². The molecule has 0 radical (unpaired) electrons. The lowest BCUT2D eigenvalue weighted by Gasteiger charge is -2.36. The lowest BCUT2D eigenvalue weighted by Crippen LogP contribution is -2.49. The van der Waals surface area contributed by atoms with Crippen molar-refractivity contribution in [3.05, 3.63) is 41.2 Å². The van der Waals surface area contributed by atoms with Crippen molar-refractivity contribution in [1.82, 2.24) is 19.6 Å². The Morgan fingerprint density at radius 1 is 1.15 bits per heavy atom. The third-order valence-corrected chi connectivity index (χ3v) is 5.40. The Morgan fingerprint density at radius 2 is 1.81 bits per heavy atom. The van der Waals surface area contributed by atoms with E-state index in [2.05, 4.69) is 34.1 Å². The van der Waals surface area contributed by atoms with Crippen LogP contribution in [0.4, 0.5) is 5.69 Å². The van der Waals surface area contributed by atoms with Gasteiger partial charge in [0.1, 0.15) is 5.75 Å². The normalized spacial score (nSPS) is 15.2. The summed E-state index contributed by atoms with van der Waals surface area (Å²) in [6.45, 7) is 9.04. The lowest BCUT2D eigenvalue weighted by atomic mass is 10.1. The first-order valence-corrected chi connectivity index (χ1v) is 9.30. The van der Waals surface area contributed by atoms with E-state index in [4.69, 9.17) is 17.0 Å². The fourth-order valence-electron chi connectivity index (χ4n) is 3.26. The molecule has 0 aliphatic carbocycles. The number of benzene rings is 1. The molecule has 1 aliphatic heterocycles. The third-order valence-electron chi connectivity index (χ3n) is 5.04. The summed E-state index contributed by atoms with van der Waals surface area (Å²) in [7, 11) is 3.67. The Morgan fingerprint density at radius 3 is 2.35 bits per heavy atom. The summed E-state index contributed by atoms with van der Waals surface area (Å²) in [6, 6.07) is 7.83. The monoisotopic (exact) mass is 373 g/mol. The molecule has 1 aromatic heterocycles. The SMILES string of the molecule is COc1ccc(NC(=S)N2CCN(Cc3c(C)nn(C)c3C)CC2)cc1. The number of methoxy groups -OCH3 is 1.